The van der Waals surface area contributed by atoms with Gasteiger partial charge < -0.3 is 0 Å². The summed E-state index contributed by atoms with van der Waals surface area (Å²) in [6, 6.07) is 0. The summed E-state index contributed by atoms with van der Waals surface area (Å²) in [4.78, 5) is 23.3. The second-order valence-electron chi connectivity index (χ2n) is 2.48. The first-order chi connectivity index (χ1) is 7.09. The Kier molecular flexibility index (Phi) is 3.01. The zero-order valence-electron chi connectivity index (χ0n) is 6.87. The molecule has 2 N–H and O–H groups in total. The number of halogens is 1. The van der Waals surface area contributed by atoms with Gasteiger partial charge in [-0.2, -0.15) is 4.40 Å². The van der Waals surface area contributed by atoms with E-state index in [1.165, 1.54) is 0 Å². The summed E-state index contributed by atoms with van der Waals surface area (Å²) >= 11 is 10.4. The first kappa shape index (κ1) is 10.9. The van der Waals surface area contributed by atoms with E-state index in [1.807, 2.05) is 0 Å². The van der Waals surface area contributed by atoms with Gasteiger partial charge in [0.2, 0.25) is 0 Å². The maximum atomic E-state index is 11.5. The number of hydrogen-bond acceptors (Lipinski definition) is 6. The van der Waals surface area contributed by atoms with Gasteiger partial charge in [0.1, 0.15) is 5.57 Å². The van der Waals surface area contributed by atoms with Crippen LogP contribution in [0.5, 0.6) is 0 Å². The predicted molar refractivity (Wildman–Crippen MR) is 64.4 cm³/mol. The maximum Gasteiger partial charge on any atom is 0.264 e. The molecule has 0 aliphatic carbocycles. The Morgan fingerprint density at radius 3 is 2.33 bits per heavy atom. The van der Waals surface area contributed by atoms with Crippen molar-refractivity contribution >= 4 is 67.7 Å². The average molecular weight is 280 g/mol. The van der Waals surface area contributed by atoms with Gasteiger partial charge in [0.05, 0.1) is 15.9 Å². The quantitative estimate of drug-likeness (QED) is 0.225. The lowest BCUT2D eigenvalue weighted by atomic mass is 10.2. The van der Waals surface area contributed by atoms with Crippen molar-refractivity contribution in [3.05, 3.63) is 10.5 Å². The van der Waals surface area contributed by atoms with E-state index >= 15 is 0 Å². The topological polar surface area (TPSA) is 70.6 Å². The van der Waals surface area contributed by atoms with Crippen molar-refractivity contribution in [2.24, 2.45) is 4.40 Å². The minimum absolute atomic E-state index is 0.00180. The zero-order chi connectivity index (χ0) is 11.0. The van der Waals surface area contributed by atoms with Crippen molar-refractivity contribution in [3.8, 4) is 0 Å². The zero-order valence-corrected chi connectivity index (χ0v) is 10.1. The summed E-state index contributed by atoms with van der Waals surface area (Å²) in [6.45, 7) is 0. The van der Waals surface area contributed by atoms with Crippen LogP contribution in [0.3, 0.4) is 0 Å². The van der Waals surface area contributed by atoms with Crippen LogP contribution in [0.2, 0.25) is 0 Å². The van der Waals surface area contributed by atoms with Gasteiger partial charge in [-0.05, 0) is 23.0 Å². The Balaban J connectivity index is 2.44. The normalized spacial score (nSPS) is 21.4. The van der Waals surface area contributed by atoms with Gasteiger partial charge in [0.15, 0.2) is 10.3 Å². The van der Waals surface area contributed by atoms with Crippen LogP contribution in [-0.2, 0) is 9.59 Å². The highest BCUT2D eigenvalue weighted by molar-refractivity contribution is 8.78. The van der Waals surface area contributed by atoms with Crippen molar-refractivity contribution in [1.82, 2.24) is 10.6 Å². The second-order valence-corrected chi connectivity index (χ2v) is 5.10. The fraction of sp³-hybridized carbons (Fsp3) is 0. The number of carbonyl (C=O) groups is 2. The Labute approximate surface area is 103 Å². The molecule has 0 spiro atoms. The molecule has 2 rings (SSSR count). The minimum Gasteiger partial charge on any atom is -0.298 e. The standard InChI is InChI=1S/C6H2ClN3O2S3/c7-3-2(14-15-10-3)1-4(11)8-6(13)9-5(1)12/h(H2,8,9,11,12,13). The van der Waals surface area contributed by atoms with Crippen LogP contribution in [-0.4, -0.2) is 22.1 Å². The summed E-state index contributed by atoms with van der Waals surface area (Å²) in [6.07, 6.45) is 0. The van der Waals surface area contributed by atoms with Crippen LogP contribution in [0.1, 0.15) is 0 Å². The minimum atomic E-state index is -0.554. The molecule has 9 heteroatoms. The molecule has 0 aromatic heterocycles. The largest absolute Gasteiger partial charge is 0.298 e. The molecule has 15 heavy (non-hydrogen) atoms. The molecule has 0 bridgehead atoms. The van der Waals surface area contributed by atoms with Gasteiger partial charge in [-0.3, -0.25) is 20.2 Å². The lowest BCUT2D eigenvalue weighted by Crippen LogP contribution is -2.51. The van der Waals surface area contributed by atoms with Gasteiger partial charge in [0, 0.05) is 0 Å². The van der Waals surface area contributed by atoms with Crippen LogP contribution >= 0.6 is 45.6 Å². The summed E-state index contributed by atoms with van der Waals surface area (Å²) < 4.78 is 3.79. The number of allylic oxidation sites excluding steroid dienone is 1. The number of carbonyl (C=O) groups excluding carboxylic acids is 2. The average Bonchev–Trinajstić information content (AvgIpc) is 2.50. The van der Waals surface area contributed by atoms with Gasteiger partial charge in [-0.25, -0.2) is 0 Å². The predicted octanol–water partition coefficient (Wildman–Crippen LogP) is 0.719. The molecular weight excluding hydrogens is 278 g/mol. The molecule has 0 aromatic carbocycles. The fourth-order valence-electron chi connectivity index (χ4n) is 0.981. The second kappa shape index (κ2) is 4.12. The molecule has 2 aliphatic rings. The van der Waals surface area contributed by atoms with E-state index in [4.69, 9.17) is 11.6 Å². The van der Waals surface area contributed by atoms with Crippen molar-refractivity contribution in [3.63, 3.8) is 0 Å². The van der Waals surface area contributed by atoms with Crippen molar-refractivity contribution in [2.45, 2.75) is 0 Å². The van der Waals surface area contributed by atoms with E-state index in [9.17, 15) is 9.59 Å². The first-order valence-electron chi connectivity index (χ1n) is 3.58. The smallest absolute Gasteiger partial charge is 0.264 e. The lowest BCUT2D eigenvalue weighted by molar-refractivity contribution is -0.123. The van der Waals surface area contributed by atoms with Gasteiger partial charge >= 0.3 is 0 Å². The first-order valence-corrected chi connectivity index (χ1v) is 6.47. The molecule has 78 valence electrons. The Hall–Kier alpha value is -0.570. The SMILES string of the molecule is O=C1NC(=S)NC(=O)C1=C1SSN=C1Cl. The number of hydrogen-bond donors (Lipinski definition) is 2. The van der Waals surface area contributed by atoms with Crippen LogP contribution in [0.4, 0.5) is 0 Å². The fourth-order valence-corrected chi connectivity index (χ4v) is 3.50. The van der Waals surface area contributed by atoms with Crippen molar-refractivity contribution in [1.29, 1.82) is 0 Å². The van der Waals surface area contributed by atoms with E-state index in [0.717, 1.165) is 21.8 Å². The maximum absolute atomic E-state index is 11.5. The lowest BCUT2D eigenvalue weighted by Gasteiger charge is -2.17. The van der Waals surface area contributed by atoms with Crippen LogP contribution in [0, 0.1) is 0 Å². The molecule has 1 fully saturated rings. The molecule has 1 saturated heterocycles. The van der Waals surface area contributed by atoms with E-state index < -0.39 is 11.8 Å². The summed E-state index contributed by atoms with van der Waals surface area (Å²) in [7, 11) is 2.27. The Morgan fingerprint density at radius 2 is 1.87 bits per heavy atom. The molecular formula is C6H2ClN3O2S3. The van der Waals surface area contributed by atoms with Gasteiger partial charge in [-0.15, -0.1) is 0 Å². The number of thiocarbonyl (C=S) groups is 1. The van der Waals surface area contributed by atoms with E-state index in [0.29, 0.717) is 4.91 Å². The molecule has 2 aliphatic heterocycles. The molecule has 0 aromatic rings. The van der Waals surface area contributed by atoms with Crippen LogP contribution in [0.15, 0.2) is 14.9 Å². The third-order valence-electron chi connectivity index (χ3n) is 1.56. The van der Waals surface area contributed by atoms with Crippen molar-refractivity contribution in [2.75, 3.05) is 0 Å². The highest BCUT2D eigenvalue weighted by Gasteiger charge is 2.32. The van der Waals surface area contributed by atoms with Crippen LogP contribution < -0.4 is 10.6 Å². The van der Waals surface area contributed by atoms with E-state index in [-0.39, 0.29) is 15.9 Å². The van der Waals surface area contributed by atoms with E-state index in [1.54, 1.807) is 0 Å². The van der Waals surface area contributed by atoms with E-state index in [2.05, 4.69) is 27.2 Å². The Morgan fingerprint density at radius 1 is 1.27 bits per heavy atom. The highest BCUT2D eigenvalue weighted by atomic mass is 35.5. The van der Waals surface area contributed by atoms with Gasteiger partial charge in [0.25, 0.3) is 11.8 Å². The molecule has 2 amide bonds. The third-order valence-corrected chi connectivity index (χ3v) is 4.09. The molecule has 0 unspecified atom stereocenters. The number of amides is 2. The number of nitrogens with zero attached hydrogens (tertiary/aromatic N) is 1. The van der Waals surface area contributed by atoms with Gasteiger partial charge in [-0.1, -0.05) is 11.6 Å². The van der Waals surface area contributed by atoms with Crippen molar-refractivity contribution < 1.29 is 9.59 Å². The van der Waals surface area contributed by atoms with Crippen LogP contribution in [0.25, 0.3) is 0 Å². The number of nitrogens with one attached hydrogen (secondary N) is 2. The molecule has 0 radical (unpaired) electrons. The molecule has 2 heterocycles. The third kappa shape index (κ3) is 2.03. The molecule has 0 atom stereocenters. The number of rotatable bonds is 0. The monoisotopic (exact) mass is 279 g/mol. The molecule has 0 saturated carbocycles. The summed E-state index contributed by atoms with van der Waals surface area (Å²) in [5.41, 5.74) is -0.0487. The summed E-state index contributed by atoms with van der Waals surface area (Å²) in [5.74, 6) is -1.11. The molecule has 5 nitrogen and oxygen atoms in total. The summed E-state index contributed by atoms with van der Waals surface area (Å²) in [5, 5.41) is 4.80. The highest BCUT2D eigenvalue weighted by Crippen LogP contribution is 2.42. The Bertz CT molecular complexity index is 423.